The molecule has 0 radical (unpaired) electrons. The topological polar surface area (TPSA) is 67.4 Å². The van der Waals surface area contributed by atoms with Gasteiger partial charge in [-0.25, -0.2) is 0 Å². The van der Waals surface area contributed by atoms with E-state index in [1.165, 1.54) is 61.0 Å². The van der Waals surface area contributed by atoms with Gasteiger partial charge in [0.2, 0.25) is 0 Å². The maximum atomic E-state index is 10.8. The first-order chi connectivity index (χ1) is 19.4. The fourth-order valence-electron chi connectivity index (χ4n) is 3.32. The van der Waals surface area contributed by atoms with Gasteiger partial charge in [-0.3, -0.25) is 9.59 Å². The van der Waals surface area contributed by atoms with Crippen molar-refractivity contribution in [2.75, 3.05) is 23.7 Å². The van der Waals surface area contributed by atoms with Crippen LogP contribution in [0.25, 0.3) is 0 Å². The first kappa shape index (κ1) is 38.2. The number of hydrogen-bond acceptors (Lipinski definition) is 5. The summed E-state index contributed by atoms with van der Waals surface area (Å²) in [6.07, 6.45) is 7.54. The van der Waals surface area contributed by atoms with Gasteiger partial charge in [0.1, 0.15) is 0 Å². The van der Waals surface area contributed by atoms with Crippen LogP contribution in [0, 0.1) is 23.7 Å². The molecular weight excluding hydrogens is 508 g/mol. The van der Waals surface area contributed by atoms with E-state index in [4.69, 9.17) is 0 Å². The van der Waals surface area contributed by atoms with Gasteiger partial charge >= 0.3 is 11.9 Å². The zero-order valence-corrected chi connectivity index (χ0v) is 27.8. The minimum Gasteiger partial charge on any atom is -0.393 e. The molecule has 5 nitrogen and oxygen atoms in total. The summed E-state index contributed by atoms with van der Waals surface area (Å²) in [6, 6.07) is 17.7. The molecular formula is C36H60N2O3. The predicted octanol–water partition coefficient (Wildman–Crippen LogP) is 9.56. The third-order valence-corrected chi connectivity index (χ3v) is 6.12. The van der Waals surface area contributed by atoms with Crippen molar-refractivity contribution >= 4 is 23.3 Å². The Hall–Kier alpha value is -2.82. The highest BCUT2D eigenvalue weighted by molar-refractivity contribution is 5.87. The van der Waals surface area contributed by atoms with Crippen LogP contribution in [0.3, 0.4) is 0 Å². The molecule has 0 bridgehead atoms. The standard InChI is InChI=1S/2C14H23N.C8H14O3/c2*1-4-5-6-13-7-9-14(10-8-13)15-11-12(2)3;1-5(2)7(9)11-8(10)6(3)4/h2*7-10,12,15H,4-6,11H2,1-3H3;5-6H,1-4H3. The highest BCUT2D eigenvalue weighted by Gasteiger charge is 2.16. The molecule has 0 saturated carbocycles. The molecule has 5 heteroatoms. The molecule has 2 N–H and O–H groups in total. The molecule has 0 aliphatic heterocycles. The largest absolute Gasteiger partial charge is 0.393 e. The van der Waals surface area contributed by atoms with Crippen molar-refractivity contribution in [3.05, 3.63) is 59.7 Å². The smallest absolute Gasteiger partial charge is 0.316 e. The van der Waals surface area contributed by atoms with E-state index in [-0.39, 0.29) is 11.8 Å². The van der Waals surface area contributed by atoms with E-state index in [2.05, 4.69) is 105 Å². The van der Waals surface area contributed by atoms with Gasteiger partial charge in [0.15, 0.2) is 0 Å². The van der Waals surface area contributed by atoms with E-state index in [0.717, 1.165) is 13.1 Å². The van der Waals surface area contributed by atoms with Gasteiger partial charge in [0, 0.05) is 24.5 Å². The van der Waals surface area contributed by atoms with E-state index >= 15 is 0 Å². The molecule has 0 fully saturated rings. The summed E-state index contributed by atoms with van der Waals surface area (Å²) in [5.41, 5.74) is 5.38. The lowest BCUT2D eigenvalue weighted by atomic mass is 10.1. The molecule has 41 heavy (non-hydrogen) atoms. The third kappa shape index (κ3) is 20.7. The van der Waals surface area contributed by atoms with E-state index < -0.39 is 11.9 Å². The highest BCUT2D eigenvalue weighted by atomic mass is 16.6. The Morgan fingerprint density at radius 1 is 0.585 bits per heavy atom. The van der Waals surface area contributed by atoms with Crippen LogP contribution in [-0.4, -0.2) is 25.0 Å². The van der Waals surface area contributed by atoms with Crippen LogP contribution < -0.4 is 10.6 Å². The second kappa shape index (κ2) is 22.8. The number of esters is 2. The van der Waals surface area contributed by atoms with Crippen molar-refractivity contribution in [1.29, 1.82) is 0 Å². The first-order valence-corrected chi connectivity index (χ1v) is 15.8. The van der Waals surface area contributed by atoms with Crippen LogP contribution >= 0.6 is 0 Å². The summed E-state index contributed by atoms with van der Waals surface area (Å²) < 4.78 is 4.50. The molecule has 2 aromatic carbocycles. The Labute approximate surface area is 252 Å². The van der Waals surface area contributed by atoms with Crippen molar-refractivity contribution in [3.8, 4) is 0 Å². The van der Waals surface area contributed by atoms with Crippen molar-refractivity contribution in [2.45, 2.75) is 108 Å². The average Bonchev–Trinajstić information content (AvgIpc) is 2.94. The third-order valence-electron chi connectivity index (χ3n) is 6.12. The van der Waals surface area contributed by atoms with Crippen molar-refractivity contribution < 1.29 is 14.3 Å². The van der Waals surface area contributed by atoms with E-state index in [1.54, 1.807) is 27.7 Å². The van der Waals surface area contributed by atoms with Crippen LogP contribution in [0.1, 0.15) is 106 Å². The number of aryl methyl sites for hydroxylation is 2. The van der Waals surface area contributed by atoms with Crippen LogP contribution in [0.4, 0.5) is 11.4 Å². The zero-order valence-electron chi connectivity index (χ0n) is 27.8. The Bertz CT molecular complexity index is 855. The molecule has 2 aromatic rings. The number of anilines is 2. The summed E-state index contributed by atoms with van der Waals surface area (Å²) in [5.74, 6) is 0.0114. The molecule has 0 spiro atoms. The van der Waals surface area contributed by atoms with Crippen LogP contribution in [0.5, 0.6) is 0 Å². The van der Waals surface area contributed by atoms with Gasteiger partial charge in [0.05, 0.1) is 11.8 Å². The monoisotopic (exact) mass is 568 g/mol. The Morgan fingerprint density at radius 3 is 1.15 bits per heavy atom. The number of ether oxygens (including phenoxy) is 1. The average molecular weight is 569 g/mol. The zero-order chi connectivity index (χ0) is 31.2. The summed E-state index contributed by atoms with van der Waals surface area (Å²) in [5, 5.41) is 6.85. The number of carbonyl (C=O) groups is 2. The molecule has 0 atom stereocenters. The minimum absolute atomic E-state index is 0.238. The van der Waals surface area contributed by atoms with Gasteiger partial charge in [0.25, 0.3) is 0 Å². The van der Waals surface area contributed by atoms with E-state index in [9.17, 15) is 9.59 Å². The van der Waals surface area contributed by atoms with Crippen LogP contribution in [0.2, 0.25) is 0 Å². The fraction of sp³-hybridized carbons (Fsp3) is 0.611. The number of hydrogen-bond donors (Lipinski definition) is 2. The predicted molar refractivity (Wildman–Crippen MR) is 178 cm³/mol. The summed E-state index contributed by atoms with van der Waals surface area (Å²) in [4.78, 5) is 21.6. The number of carbonyl (C=O) groups excluding carboxylic acids is 2. The molecule has 0 aromatic heterocycles. The lowest BCUT2D eigenvalue weighted by Crippen LogP contribution is -2.20. The normalized spacial score (nSPS) is 10.6. The Kier molecular flexibility index (Phi) is 21.3. The number of unbranched alkanes of at least 4 members (excludes halogenated alkanes) is 2. The van der Waals surface area contributed by atoms with Gasteiger partial charge in [-0.1, -0.05) is 106 Å². The van der Waals surface area contributed by atoms with Gasteiger partial charge in [-0.2, -0.15) is 0 Å². The molecule has 0 amide bonds. The first-order valence-electron chi connectivity index (χ1n) is 15.8. The minimum atomic E-state index is -0.455. The number of nitrogens with one attached hydrogen (secondary N) is 2. The molecule has 0 saturated heterocycles. The lowest BCUT2D eigenvalue weighted by Gasteiger charge is -2.09. The van der Waals surface area contributed by atoms with Crippen molar-refractivity contribution in [2.24, 2.45) is 23.7 Å². The number of benzene rings is 2. The second-order valence-electron chi connectivity index (χ2n) is 12.2. The fourth-order valence-corrected chi connectivity index (χ4v) is 3.32. The van der Waals surface area contributed by atoms with Gasteiger partial charge in [-0.05, 0) is 72.9 Å². The van der Waals surface area contributed by atoms with Crippen LogP contribution in [0.15, 0.2) is 48.5 Å². The van der Waals surface area contributed by atoms with Crippen LogP contribution in [-0.2, 0) is 27.2 Å². The molecule has 0 aliphatic carbocycles. The quantitative estimate of drug-likeness (QED) is 0.175. The highest BCUT2D eigenvalue weighted by Crippen LogP contribution is 2.13. The lowest BCUT2D eigenvalue weighted by molar-refractivity contribution is -0.164. The summed E-state index contributed by atoms with van der Waals surface area (Å²) in [7, 11) is 0. The Balaban J connectivity index is 0.000000595. The van der Waals surface area contributed by atoms with E-state index in [1.807, 2.05) is 0 Å². The molecule has 2 rings (SSSR count). The van der Waals surface area contributed by atoms with Gasteiger partial charge in [-0.15, -0.1) is 0 Å². The maximum absolute atomic E-state index is 10.8. The Morgan fingerprint density at radius 2 is 0.902 bits per heavy atom. The summed E-state index contributed by atoms with van der Waals surface area (Å²) in [6.45, 7) is 22.2. The van der Waals surface area contributed by atoms with Crippen molar-refractivity contribution in [1.82, 2.24) is 0 Å². The summed E-state index contributed by atoms with van der Waals surface area (Å²) >= 11 is 0. The maximum Gasteiger partial charge on any atom is 0.316 e. The number of rotatable bonds is 14. The molecule has 232 valence electrons. The second-order valence-corrected chi connectivity index (χ2v) is 12.2. The molecule has 0 heterocycles. The van der Waals surface area contributed by atoms with E-state index in [0.29, 0.717) is 11.8 Å². The molecule has 0 unspecified atom stereocenters. The van der Waals surface area contributed by atoms with Gasteiger partial charge < -0.3 is 15.4 Å². The SMILES string of the molecule is CC(C)C(=O)OC(=O)C(C)C.CCCCc1ccc(NCC(C)C)cc1.CCCCc1ccc(NCC(C)C)cc1. The molecule has 0 aliphatic rings. The van der Waals surface area contributed by atoms with Crippen molar-refractivity contribution in [3.63, 3.8) is 0 Å².